The van der Waals surface area contributed by atoms with E-state index in [0.29, 0.717) is 23.0 Å². The molecule has 2 aliphatic rings. The van der Waals surface area contributed by atoms with Crippen molar-refractivity contribution in [2.45, 2.75) is 51.7 Å². The Hall–Kier alpha value is -1.92. The second-order valence-corrected chi connectivity index (χ2v) is 8.72. The number of nitrogens with zero attached hydrogens (tertiary/aromatic N) is 2. The molecule has 0 bridgehead atoms. The van der Waals surface area contributed by atoms with E-state index < -0.39 is 0 Å². The van der Waals surface area contributed by atoms with Gasteiger partial charge in [0, 0.05) is 51.5 Å². The molecule has 0 aromatic heterocycles. The molecule has 2 saturated heterocycles. The maximum absolute atomic E-state index is 13.0. The minimum absolute atomic E-state index is 0.0146. The summed E-state index contributed by atoms with van der Waals surface area (Å²) in [6.07, 6.45) is 4.25. The molecule has 1 aromatic carbocycles. The van der Waals surface area contributed by atoms with Crippen molar-refractivity contribution in [3.63, 3.8) is 0 Å². The van der Waals surface area contributed by atoms with Crippen molar-refractivity contribution >= 4 is 11.8 Å². The van der Waals surface area contributed by atoms with Gasteiger partial charge in [0.2, 0.25) is 0 Å². The first-order chi connectivity index (χ1) is 14.4. The lowest BCUT2D eigenvalue weighted by Gasteiger charge is -2.35. The lowest BCUT2D eigenvalue weighted by Crippen LogP contribution is -2.42. The minimum atomic E-state index is 0.0146. The first kappa shape index (κ1) is 22.8. The van der Waals surface area contributed by atoms with Crippen LogP contribution in [0.25, 0.3) is 0 Å². The Bertz CT molecular complexity index is 664. The number of likely N-dealkylation sites (tertiary alicyclic amines) is 2. The first-order valence-electron chi connectivity index (χ1n) is 11.2. The average Bonchev–Trinajstić information content (AvgIpc) is 2.82. The second kappa shape index (κ2) is 10.4. The van der Waals surface area contributed by atoms with Crippen LogP contribution < -0.4 is 0 Å². The number of benzene rings is 1. The molecule has 0 spiro atoms. The van der Waals surface area contributed by atoms with Crippen LogP contribution in [0.1, 0.15) is 60.2 Å². The molecular weight excluding hydrogens is 380 g/mol. The van der Waals surface area contributed by atoms with Gasteiger partial charge in [0.05, 0.1) is 12.2 Å². The third-order valence-corrected chi connectivity index (χ3v) is 7.08. The number of ether oxygens (including phenoxy) is 2. The Morgan fingerprint density at radius 2 is 1.17 bits per heavy atom. The molecule has 0 saturated carbocycles. The van der Waals surface area contributed by atoms with Gasteiger partial charge in [0.25, 0.3) is 11.8 Å². The van der Waals surface area contributed by atoms with Crippen molar-refractivity contribution < 1.29 is 19.1 Å². The summed E-state index contributed by atoms with van der Waals surface area (Å²) in [5.41, 5.74) is 1.20. The van der Waals surface area contributed by atoms with Crippen molar-refractivity contribution in [1.82, 2.24) is 9.80 Å². The van der Waals surface area contributed by atoms with Crippen LogP contribution in [0.15, 0.2) is 24.3 Å². The van der Waals surface area contributed by atoms with E-state index in [0.717, 1.165) is 51.9 Å². The van der Waals surface area contributed by atoms with Gasteiger partial charge < -0.3 is 19.3 Å². The van der Waals surface area contributed by atoms with Crippen LogP contribution in [0.3, 0.4) is 0 Å². The normalized spacial score (nSPS) is 20.8. The summed E-state index contributed by atoms with van der Waals surface area (Å²) in [7, 11) is 3.48. The molecule has 2 aliphatic heterocycles. The van der Waals surface area contributed by atoms with E-state index in [-0.39, 0.29) is 24.0 Å². The smallest absolute Gasteiger partial charge is 0.253 e. The molecular formula is C24H36N2O4. The number of piperidine rings is 2. The van der Waals surface area contributed by atoms with Gasteiger partial charge in [-0.05, 0) is 69.6 Å². The lowest BCUT2D eigenvalue weighted by molar-refractivity contribution is 0.0304. The van der Waals surface area contributed by atoms with Gasteiger partial charge >= 0.3 is 0 Å². The van der Waals surface area contributed by atoms with E-state index in [4.69, 9.17) is 9.47 Å². The van der Waals surface area contributed by atoms with Crippen molar-refractivity contribution in [1.29, 1.82) is 0 Å². The van der Waals surface area contributed by atoms with Gasteiger partial charge in [-0.1, -0.05) is 6.07 Å². The van der Waals surface area contributed by atoms with Crippen LogP contribution in [-0.2, 0) is 9.47 Å². The SMILES string of the molecule is COC(C)C1CCN(C(=O)c2cccc(C(=O)N3CCC(C(C)OC)CC3)c2)CC1. The Labute approximate surface area is 180 Å². The zero-order valence-corrected chi connectivity index (χ0v) is 18.8. The average molecular weight is 417 g/mol. The zero-order valence-electron chi connectivity index (χ0n) is 18.8. The fourth-order valence-electron chi connectivity index (χ4n) is 4.68. The molecule has 6 heteroatoms. The standard InChI is InChI=1S/C24H36N2O4/c1-17(29-3)19-8-12-25(13-9-19)23(27)21-6-5-7-22(16-21)24(28)26-14-10-20(11-15-26)18(2)30-4/h5-7,16-20H,8-15H2,1-4H3. The van der Waals surface area contributed by atoms with Crippen molar-refractivity contribution in [3.05, 3.63) is 35.4 Å². The number of rotatable bonds is 6. The van der Waals surface area contributed by atoms with Gasteiger partial charge in [-0.3, -0.25) is 9.59 Å². The number of carbonyl (C=O) groups excluding carboxylic acids is 2. The summed E-state index contributed by atoms with van der Waals surface area (Å²) in [5, 5.41) is 0. The first-order valence-corrected chi connectivity index (χ1v) is 11.2. The maximum atomic E-state index is 13.0. The largest absolute Gasteiger partial charge is 0.381 e. The molecule has 0 aliphatic carbocycles. The predicted octanol–water partition coefficient (Wildman–Crippen LogP) is 3.46. The van der Waals surface area contributed by atoms with Crippen LogP contribution in [0.2, 0.25) is 0 Å². The Morgan fingerprint density at radius 3 is 1.50 bits per heavy atom. The van der Waals surface area contributed by atoms with Crippen LogP contribution in [-0.4, -0.2) is 74.2 Å². The van der Waals surface area contributed by atoms with E-state index in [1.807, 2.05) is 28.0 Å². The second-order valence-electron chi connectivity index (χ2n) is 8.72. The number of hydrogen-bond acceptors (Lipinski definition) is 4. The molecule has 0 radical (unpaired) electrons. The third-order valence-electron chi connectivity index (χ3n) is 7.08. The minimum Gasteiger partial charge on any atom is -0.381 e. The quantitative estimate of drug-likeness (QED) is 0.713. The van der Waals surface area contributed by atoms with Crippen LogP contribution >= 0.6 is 0 Å². The topological polar surface area (TPSA) is 59.1 Å². The monoisotopic (exact) mass is 416 g/mol. The van der Waals surface area contributed by atoms with E-state index in [2.05, 4.69) is 13.8 Å². The molecule has 6 nitrogen and oxygen atoms in total. The van der Waals surface area contributed by atoms with E-state index >= 15 is 0 Å². The van der Waals surface area contributed by atoms with Crippen LogP contribution in [0, 0.1) is 11.8 Å². The van der Waals surface area contributed by atoms with E-state index in [1.165, 1.54) is 0 Å². The maximum Gasteiger partial charge on any atom is 0.253 e. The Morgan fingerprint density at radius 1 is 0.800 bits per heavy atom. The van der Waals surface area contributed by atoms with Gasteiger partial charge in [0.1, 0.15) is 0 Å². The number of methoxy groups -OCH3 is 2. The summed E-state index contributed by atoms with van der Waals surface area (Å²) in [6.45, 7) is 7.13. The van der Waals surface area contributed by atoms with Crippen molar-refractivity contribution in [2.24, 2.45) is 11.8 Å². The fourth-order valence-corrected chi connectivity index (χ4v) is 4.68. The number of hydrogen-bond donors (Lipinski definition) is 0. The lowest BCUT2D eigenvalue weighted by atomic mass is 9.91. The van der Waals surface area contributed by atoms with Gasteiger partial charge in [0.15, 0.2) is 0 Å². The molecule has 166 valence electrons. The van der Waals surface area contributed by atoms with E-state index in [1.54, 1.807) is 20.3 Å². The summed E-state index contributed by atoms with van der Waals surface area (Å²) >= 11 is 0. The van der Waals surface area contributed by atoms with Crippen LogP contribution in [0.4, 0.5) is 0 Å². The van der Waals surface area contributed by atoms with Crippen molar-refractivity contribution in [3.8, 4) is 0 Å². The Kier molecular flexibility index (Phi) is 7.89. The molecule has 2 amide bonds. The van der Waals surface area contributed by atoms with Gasteiger partial charge in [-0.2, -0.15) is 0 Å². The summed E-state index contributed by atoms with van der Waals surface area (Å²) in [5.74, 6) is 1.02. The highest BCUT2D eigenvalue weighted by atomic mass is 16.5. The molecule has 0 N–H and O–H groups in total. The summed E-state index contributed by atoms with van der Waals surface area (Å²) in [6, 6.07) is 7.21. The van der Waals surface area contributed by atoms with E-state index in [9.17, 15) is 9.59 Å². The predicted molar refractivity (Wildman–Crippen MR) is 117 cm³/mol. The summed E-state index contributed by atoms with van der Waals surface area (Å²) < 4.78 is 10.9. The molecule has 30 heavy (non-hydrogen) atoms. The highest BCUT2D eigenvalue weighted by Gasteiger charge is 2.29. The van der Waals surface area contributed by atoms with Crippen molar-refractivity contribution in [2.75, 3.05) is 40.4 Å². The van der Waals surface area contributed by atoms with Gasteiger partial charge in [-0.15, -0.1) is 0 Å². The fraction of sp³-hybridized carbons (Fsp3) is 0.667. The highest BCUT2D eigenvalue weighted by molar-refractivity contribution is 5.99. The molecule has 2 fully saturated rings. The molecule has 2 atom stereocenters. The third kappa shape index (κ3) is 5.22. The van der Waals surface area contributed by atoms with Gasteiger partial charge in [-0.25, -0.2) is 0 Å². The molecule has 2 unspecified atom stereocenters. The number of carbonyl (C=O) groups is 2. The molecule has 3 rings (SSSR count). The van der Waals surface area contributed by atoms with Crippen LogP contribution in [0.5, 0.6) is 0 Å². The summed E-state index contributed by atoms with van der Waals surface area (Å²) in [4.78, 5) is 29.8. The zero-order chi connectivity index (χ0) is 21.7. The molecule has 1 aromatic rings. The number of amides is 2. The Balaban J connectivity index is 1.59. The highest BCUT2D eigenvalue weighted by Crippen LogP contribution is 2.25. The molecule has 2 heterocycles.